The molecular formula is C10H12Br2O4. The van der Waals surface area contributed by atoms with Crippen molar-refractivity contribution < 1.29 is 19.1 Å². The molecule has 0 aliphatic rings. The second kappa shape index (κ2) is 7.73. The molecule has 0 rings (SSSR count). The number of carbonyl (C=O) groups excluding carboxylic acids is 3. The lowest BCUT2D eigenvalue weighted by Gasteiger charge is -2.10. The van der Waals surface area contributed by atoms with E-state index in [4.69, 9.17) is 4.74 Å². The molecule has 0 aromatic rings. The highest BCUT2D eigenvalue weighted by Gasteiger charge is 2.19. The average Bonchev–Trinajstić information content (AvgIpc) is 2.14. The molecule has 0 aromatic heterocycles. The number of rotatable bonds is 7. The number of hydrogen-bond donors (Lipinski definition) is 0. The van der Waals surface area contributed by atoms with E-state index in [9.17, 15) is 14.4 Å². The molecule has 1 atom stereocenters. The van der Waals surface area contributed by atoms with Crippen LogP contribution in [-0.4, -0.2) is 22.0 Å². The number of carbonyl (C=O) groups is 3. The second-order valence-corrected chi connectivity index (χ2v) is 4.93. The molecule has 0 saturated carbocycles. The largest absolute Gasteiger partial charge is 0.462 e. The van der Waals surface area contributed by atoms with Crippen LogP contribution in [0.15, 0.2) is 12.2 Å². The fraction of sp³-hybridized carbons (Fsp3) is 0.500. The maximum atomic E-state index is 11.1. The van der Waals surface area contributed by atoms with Gasteiger partial charge in [-0.05, 0) is 45.2 Å². The van der Waals surface area contributed by atoms with Crippen molar-refractivity contribution >= 4 is 47.2 Å². The van der Waals surface area contributed by atoms with Crippen LogP contribution in [-0.2, 0) is 19.1 Å². The van der Waals surface area contributed by atoms with Crippen molar-refractivity contribution in [2.75, 3.05) is 6.61 Å². The number of ether oxygens (including phenoxy) is 1. The summed E-state index contributed by atoms with van der Waals surface area (Å²) < 4.78 is 4.30. The van der Waals surface area contributed by atoms with Gasteiger partial charge in [0, 0.05) is 17.9 Å². The van der Waals surface area contributed by atoms with Gasteiger partial charge in [0.05, 0.1) is 6.61 Å². The van der Waals surface area contributed by atoms with E-state index in [1.165, 1.54) is 6.92 Å². The Morgan fingerprint density at radius 3 is 2.25 bits per heavy atom. The molecule has 0 spiro atoms. The molecule has 0 bridgehead atoms. The van der Waals surface area contributed by atoms with Crippen LogP contribution in [0.4, 0.5) is 0 Å². The van der Waals surface area contributed by atoms with Gasteiger partial charge in [-0.15, -0.1) is 0 Å². The van der Waals surface area contributed by atoms with Crippen LogP contribution in [0.2, 0.25) is 0 Å². The summed E-state index contributed by atoms with van der Waals surface area (Å²) in [4.78, 5) is 32.9. The van der Waals surface area contributed by atoms with Gasteiger partial charge in [0.2, 0.25) is 4.69 Å². The van der Waals surface area contributed by atoms with Gasteiger partial charge in [0.15, 0.2) is 4.69 Å². The Balaban J connectivity index is 4.03. The van der Waals surface area contributed by atoms with E-state index in [2.05, 4.69) is 38.4 Å². The predicted octanol–water partition coefficient (Wildman–Crippen LogP) is 2.35. The Labute approximate surface area is 111 Å². The van der Waals surface area contributed by atoms with E-state index in [0.717, 1.165) is 0 Å². The Hall–Kier alpha value is -0.490. The molecule has 0 heterocycles. The van der Waals surface area contributed by atoms with Crippen LogP contribution in [0.5, 0.6) is 0 Å². The first-order valence-corrected chi connectivity index (χ1v) is 6.13. The maximum absolute atomic E-state index is 11.1. The second-order valence-electron chi connectivity index (χ2n) is 3.27. The number of hydrogen-bond acceptors (Lipinski definition) is 4. The lowest BCUT2D eigenvalue weighted by Crippen LogP contribution is -2.16. The molecule has 0 N–H and O–H groups in total. The van der Waals surface area contributed by atoms with Crippen molar-refractivity contribution in [2.45, 2.75) is 19.8 Å². The zero-order valence-corrected chi connectivity index (χ0v) is 12.0. The normalized spacial score (nSPS) is 11.7. The Morgan fingerprint density at radius 1 is 1.31 bits per heavy atom. The summed E-state index contributed by atoms with van der Waals surface area (Å²) in [7, 11) is 0. The molecule has 0 fully saturated rings. The Bertz CT molecular complexity index is 312. The van der Waals surface area contributed by atoms with Gasteiger partial charge < -0.3 is 4.74 Å². The van der Waals surface area contributed by atoms with Crippen LogP contribution >= 0.6 is 31.9 Å². The van der Waals surface area contributed by atoms with E-state index in [0.29, 0.717) is 12.0 Å². The summed E-state index contributed by atoms with van der Waals surface area (Å²) >= 11 is 5.55. The highest BCUT2D eigenvalue weighted by atomic mass is 79.9. The highest BCUT2D eigenvalue weighted by molar-refractivity contribution is 9.18. The summed E-state index contributed by atoms with van der Waals surface area (Å²) in [5.74, 6) is -0.976. The molecule has 0 amide bonds. The van der Waals surface area contributed by atoms with Crippen molar-refractivity contribution in [2.24, 2.45) is 5.92 Å². The van der Waals surface area contributed by atoms with Crippen LogP contribution < -0.4 is 0 Å². The van der Waals surface area contributed by atoms with Crippen LogP contribution in [0.25, 0.3) is 0 Å². The van der Waals surface area contributed by atoms with Crippen molar-refractivity contribution in [1.82, 2.24) is 0 Å². The molecule has 16 heavy (non-hydrogen) atoms. The van der Waals surface area contributed by atoms with Gasteiger partial charge in [-0.3, -0.25) is 9.59 Å². The minimum absolute atomic E-state index is 0.0781. The highest BCUT2D eigenvalue weighted by Crippen LogP contribution is 2.16. The van der Waals surface area contributed by atoms with E-state index in [-0.39, 0.29) is 22.4 Å². The quantitative estimate of drug-likeness (QED) is 0.399. The third-order valence-corrected chi connectivity index (χ3v) is 2.75. The number of esters is 1. The fourth-order valence-corrected chi connectivity index (χ4v) is 1.69. The van der Waals surface area contributed by atoms with Gasteiger partial charge in [0.1, 0.15) is 0 Å². The standard InChI is InChI=1S/C10H12Br2O4/c1-6(2)10(15)16-4-3-7(9(12)14)5-8(11)13/h7H,1,3-5H2,2H3. The third-order valence-electron chi connectivity index (χ3n) is 1.78. The summed E-state index contributed by atoms with van der Waals surface area (Å²) in [5.41, 5.74) is 0.304. The van der Waals surface area contributed by atoms with Crippen LogP contribution in [0, 0.1) is 5.92 Å². The molecule has 6 heteroatoms. The van der Waals surface area contributed by atoms with E-state index < -0.39 is 11.9 Å². The molecule has 0 aromatic carbocycles. The molecular weight excluding hydrogens is 344 g/mol. The average molecular weight is 356 g/mol. The first-order chi connectivity index (χ1) is 7.34. The monoisotopic (exact) mass is 354 g/mol. The van der Waals surface area contributed by atoms with Gasteiger partial charge in [-0.2, -0.15) is 0 Å². The van der Waals surface area contributed by atoms with Crippen LogP contribution in [0.3, 0.4) is 0 Å². The summed E-state index contributed by atoms with van der Waals surface area (Å²) in [6.45, 7) is 5.05. The van der Waals surface area contributed by atoms with E-state index in [1.807, 2.05) is 0 Å². The van der Waals surface area contributed by atoms with Crippen molar-refractivity contribution in [3.63, 3.8) is 0 Å². The number of halogens is 2. The first-order valence-electron chi connectivity index (χ1n) is 4.55. The zero-order valence-electron chi connectivity index (χ0n) is 8.79. The SMILES string of the molecule is C=C(C)C(=O)OCCC(CC(=O)Br)C(=O)Br. The molecule has 0 aliphatic heterocycles. The van der Waals surface area contributed by atoms with Gasteiger partial charge >= 0.3 is 5.97 Å². The predicted molar refractivity (Wildman–Crippen MR) is 66.4 cm³/mol. The topological polar surface area (TPSA) is 60.4 Å². The molecule has 4 nitrogen and oxygen atoms in total. The molecule has 90 valence electrons. The molecule has 0 aliphatic carbocycles. The molecule has 0 radical (unpaired) electrons. The summed E-state index contributed by atoms with van der Waals surface area (Å²) in [6.07, 6.45) is 0.384. The smallest absolute Gasteiger partial charge is 0.333 e. The lowest BCUT2D eigenvalue weighted by atomic mass is 10.1. The van der Waals surface area contributed by atoms with E-state index >= 15 is 0 Å². The van der Waals surface area contributed by atoms with E-state index in [1.54, 1.807) is 0 Å². The van der Waals surface area contributed by atoms with Crippen molar-refractivity contribution in [1.29, 1.82) is 0 Å². The fourth-order valence-electron chi connectivity index (χ4n) is 0.907. The van der Waals surface area contributed by atoms with Crippen molar-refractivity contribution in [3.05, 3.63) is 12.2 Å². The van der Waals surface area contributed by atoms with Gasteiger partial charge in [0.25, 0.3) is 0 Å². The summed E-state index contributed by atoms with van der Waals surface area (Å²) in [6, 6.07) is 0. The van der Waals surface area contributed by atoms with Crippen LogP contribution in [0.1, 0.15) is 19.8 Å². The maximum Gasteiger partial charge on any atom is 0.333 e. The zero-order chi connectivity index (χ0) is 12.7. The van der Waals surface area contributed by atoms with Crippen molar-refractivity contribution in [3.8, 4) is 0 Å². The minimum atomic E-state index is -0.494. The van der Waals surface area contributed by atoms with Gasteiger partial charge in [-0.1, -0.05) is 6.58 Å². The molecule has 0 saturated heterocycles. The summed E-state index contributed by atoms with van der Waals surface area (Å²) in [5, 5.41) is 0. The Kier molecular flexibility index (Phi) is 7.49. The van der Waals surface area contributed by atoms with Gasteiger partial charge in [-0.25, -0.2) is 4.79 Å². The molecule has 1 unspecified atom stereocenters. The minimum Gasteiger partial charge on any atom is -0.462 e. The lowest BCUT2D eigenvalue weighted by molar-refractivity contribution is -0.139. The Morgan fingerprint density at radius 2 is 1.88 bits per heavy atom. The third kappa shape index (κ3) is 6.90. The first kappa shape index (κ1) is 15.5.